The Morgan fingerprint density at radius 2 is 1.94 bits per heavy atom. The van der Waals surface area contributed by atoms with Crippen LogP contribution in [-0.4, -0.2) is 23.4 Å². The normalized spacial score (nSPS) is 14.3. The van der Waals surface area contributed by atoms with E-state index in [1.807, 2.05) is 39.0 Å². The van der Waals surface area contributed by atoms with Crippen LogP contribution < -0.4 is 15.8 Å². The van der Waals surface area contributed by atoms with Crippen LogP contribution in [0.25, 0.3) is 0 Å². The number of hydrogen-bond acceptors (Lipinski definition) is 4. The molecule has 0 fully saturated rings. The summed E-state index contributed by atoms with van der Waals surface area (Å²) in [5, 5.41) is 12.7. The molecule has 0 saturated carbocycles. The smallest absolute Gasteiger partial charge is 0.144 e. The van der Waals surface area contributed by atoms with Gasteiger partial charge in [0.1, 0.15) is 5.75 Å². The van der Waals surface area contributed by atoms with E-state index >= 15 is 0 Å². The predicted molar refractivity (Wildman–Crippen MR) is 76.0 cm³/mol. The quantitative estimate of drug-likeness (QED) is 0.681. The summed E-state index contributed by atoms with van der Waals surface area (Å²) in [7, 11) is 0. The van der Waals surface area contributed by atoms with E-state index in [0.29, 0.717) is 17.9 Å². The van der Waals surface area contributed by atoms with Crippen molar-refractivity contribution in [1.29, 1.82) is 0 Å². The van der Waals surface area contributed by atoms with Gasteiger partial charge < -0.3 is 20.9 Å². The van der Waals surface area contributed by atoms with Crippen molar-refractivity contribution < 1.29 is 9.84 Å². The lowest BCUT2D eigenvalue weighted by atomic mass is 10.1. The van der Waals surface area contributed by atoms with E-state index in [2.05, 4.69) is 5.32 Å². The molecule has 4 nitrogen and oxygen atoms in total. The number of nitrogens with two attached hydrogens (primary N) is 1. The third-order valence-corrected chi connectivity index (χ3v) is 2.48. The molecule has 1 rings (SSSR count). The number of ether oxygens (including phenoxy) is 1. The molecule has 0 amide bonds. The van der Waals surface area contributed by atoms with Gasteiger partial charge in [-0.2, -0.15) is 0 Å². The molecule has 0 bridgehead atoms. The first-order chi connectivity index (χ1) is 8.38. The molecule has 0 aliphatic rings. The van der Waals surface area contributed by atoms with Crippen LogP contribution in [0.15, 0.2) is 18.2 Å². The Morgan fingerprint density at radius 1 is 1.28 bits per heavy atom. The monoisotopic (exact) mass is 252 g/mol. The summed E-state index contributed by atoms with van der Waals surface area (Å²) < 4.78 is 5.63. The first-order valence-corrected chi connectivity index (χ1v) is 6.39. The van der Waals surface area contributed by atoms with Crippen LogP contribution in [-0.2, 0) is 0 Å². The number of benzene rings is 1. The van der Waals surface area contributed by atoms with Crippen LogP contribution in [0, 0.1) is 0 Å². The van der Waals surface area contributed by atoms with Crippen LogP contribution in [0.1, 0.15) is 34.1 Å². The van der Waals surface area contributed by atoms with Gasteiger partial charge in [-0.15, -0.1) is 0 Å². The van der Waals surface area contributed by atoms with Crippen LogP contribution >= 0.6 is 0 Å². The second kappa shape index (κ2) is 6.50. The van der Waals surface area contributed by atoms with Crippen LogP contribution in [0.4, 0.5) is 11.4 Å². The van der Waals surface area contributed by atoms with Crippen molar-refractivity contribution in [3.8, 4) is 5.75 Å². The highest BCUT2D eigenvalue weighted by Gasteiger charge is 2.08. The number of rotatable bonds is 6. The molecule has 4 heteroatoms. The maximum Gasteiger partial charge on any atom is 0.144 e. The Morgan fingerprint density at radius 3 is 2.50 bits per heavy atom. The van der Waals surface area contributed by atoms with E-state index in [4.69, 9.17) is 10.5 Å². The molecule has 0 radical (unpaired) electrons. The number of hydrogen-bond donors (Lipinski definition) is 3. The molecule has 0 aromatic heterocycles. The van der Waals surface area contributed by atoms with E-state index < -0.39 is 0 Å². The van der Waals surface area contributed by atoms with E-state index in [9.17, 15) is 5.11 Å². The molecule has 0 aliphatic carbocycles. The molecule has 0 aliphatic heterocycles. The Labute approximate surface area is 109 Å². The van der Waals surface area contributed by atoms with Gasteiger partial charge in [-0.25, -0.2) is 0 Å². The summed E-state index contributed by atoms with van der Waals surface area (Å²) >= 11 is 0. The molecule has 102 valence electrons. The van der Waals surface area contributed by atoms with E-state index in [1.165, 1.54) is 0 Å². The van der Waals surface area contributed by atoms with E-state index in [1.54, 1.807) is 6.92 Å². The molecule has 0 heterocycles. The SMILES string of the molecule is CC(O)CC(C)Nc1ccc(N)c(OC(C)C)c1. The van der Waals surface area contributed by atoms with Gasteiger partial charge in [-0.3, -0.25) is 0 Å². The first kappa shape index (κ1) is 14.6. The zero-order valence-electron chi connectivity index (χ0n) is 11.6. The van der Waals surface area contributed by atoms with Crippen molar-refractivity contribution >= 4 is 11.4 Å². The zero-order chi connectivity index (χ0) is 13.7. The van der Waals surface area contributed by atoms with E-state index in [-0.39, 0.29) is 18.2 Å². The summed E-state index contributed by atoms with van der Waals surface area (Å²) in [6.45, 7) is 7.76. The molecule has 0 saturated heterocycles. The van der Waals surface area contributed by atoms with Gasteiger partial charge in [0, 0.05) is 17.8 Å². The third kappa shape index (κ3) is 4.84. The van der Waals surface area contributed by atoms with Gasteiger partial charge in [-0.05, 0) is 46.2 Å². The summed E-state index contributed by atoms with van der Waals surface area (Å²) in [6, 6.07) is 5.84. The summed E-state index contributed by atoms with van der Waals surface area (Å²) in [5.41, 5.74) is 7.44. The van der Waals surface area contributed by atoms with Gasteiger partial charge >= 0.3 is 0 Å². The topological polar surface area (TPSA) is 67.5 Å². The van der Waals surface area contributed by atoms with Crippen molar-refractivity contribution in [1.82, 2.24) is 0 Å². The van der Waals surface area contributed by atoms with Gasteiger partial charge in [-0.1, -0.05) is 0 Å². The number of nitrogens with one attached hydrogen (secondary N) is 1. The highest BCUT2D eigenvalue weighted by molar-refractivity contribution is 5.61. The van der Waals surface area contributed by atoms with Crippen LogP contribution in [0.3, 0.4) is 0 Å². The largest absolute Gasteiger partial charge is 0.489 e. The Bertz CT molecular complexity index is 378. The Kier molecular flexibility index (Phi) is 5.28. The minimum Gasteiger partial charge on any atom is -0.489 e. The number of anilines is 2. The first-order valence-electron chi connectivity index (χ1n) is 6.39. The maximum absolute atomic E-state index is 9.33. The summed E-state index contributed by atoms with van der Waals surface area (Å²) in [4.78, 5) is 0. The van der Waals surface area contributed by atoms with Crippen molar-refractivity contribution in [2.45, 2.75) is 52.4 Å². The minimum absolute atomic E-state index is 0.0948. The summed E-state index contributed by atoms with van der Waals surface area (Å²) in [5.74, 6) is 0.694. The van der Waals surface area contributed by atoms with Gasteiger partial charge in [0.05, 0.1) is 17.9 Å². The molecule has 1 aromatic carbocycles. The lowest BCUT2D eigenvalue weighted by Crippen LogP contribution is -2.20. The predicted octanol–water partition coefficient (Wildman–Crippen LogP) is 2.63. The number of nitrogen functional groups attached to an aromatic ring is 1. The third-order valence-electron chi connectivity index (χ3n) is 2.48. The fraction of sp³-hybridized carbons (Fsp3) is 0.571. The number of aliphatic hydroxyl groups is 1. The fourth-order valence-electron chi connectivity index (χ4n) is 1.84. The second-order valence-corrected chi connectivity index (χ2v) is 5.05. The Balaban J connectivity index is 2.72. The van der Waals surface area contributed by atoms with Gasteiger partial charge in [0.25, 0.3) is 0 Å². The molecule has 2 unspecified atom stereocenters. The van der Waals surface area contributed by atoms with Crippen LogP contribution in [0.5, 0.6) is 5.75 Å². The van der Waals surface area contributed by atoms with Crippen LogP contribution in [0.2, 0.25) is 0 Å². The molecule has 2 atom stereocenters. The molecule has 4 N–H and O–H groups in total. The molecule has 18 heavy (non-hydrogen) atoms. The Hall–Kier alpha value is -1.42. The molecular weight excluding hydrogens is 228 g/mol. The zero-order valence-corrected chi connectivity index (χ0v) is 11.6. The highest BCUT2D eigenvalue weighted by atomic mass is 16.5. The van der Waals surface area contributed by atoms with Crippen molar-refractivity contribution in [2.24, 2.45) is 0 Å². The molecule has 1 aromatic rings. The molecular formula is C14H24N2O2. The minimum atomic E-state index is -0.312. The lowest BCUT2D eigenvalue weighted by Gasteiger charge is -2.18. The lowest BCUT2D eigenvalue weighted by molar-refractivity contribution is 0.179. The highest BCUT2D eigenvalue weighted by Crippen LogP contribution is 2.27. The number of aliphatic hydroxyl groups excluding tert-OH is 1. The van der Waals surface area contributed by atoms with Crippen molar-refractivity contribution in [3.63, 3.8) is 0 Å². The van der Waals surface area contributed by atoms with Crippen molar-refractivity contribution in [3.05, 3.63) is 18.2 Å². The standard InChI is InChI=1S/C14H24N2O2/c1-9(2)18-14-8-12(5-6-13(14)15)16-10(3)7-11(4)17/h5-6,8-11,16-17H,7,15H2,1-4H3. The second-order valence-electron chi connectivity index (χ2n) is 5.05. The maximum atomic E-state index is 9.33. The summed E-state index contributed by atoms with van der Waals surface area (Å²) in [6.07, 6.45) is 0.482. The average Bonchev–Trinajstić information content (AvgIpc) is 2.21. The van der Waals surface area contributed by atoms with Gasteiger partial charge in [0.2, 0.25) is 0 Å². The average molecular weight is 252 g/mol. The van der Waals surface area contributed by atoms with E-state index in [0.717, 1.165) is 5.69 Å². The molecule has 0 spiro atoms. The van der Waals surface area contributed by atoms with Crippen molar-refractivity contribution in [2.75, 3.05) is 11.1 Å². The van der Waals surface area contributed by atoms with Gasteiger partial charge in [0.15, 0.2) is 0 Å². The fourth-order valence-corrected chi connectivity index (χ4v) is 1.84.